The summed E-state index contributed by atoms with van der Waals surface area (Å²) in [5, 5.41) is 24.1. The second-order valence-electron chi connectivity index (χ2n) is 7.85. The molecular formula is C24H19ClO4. The van der Waals surface area contributed by atoms with Crippen LogP contribution in [0.5, 0.6) is 5.75 Å². The van der Waals surface area contributed by atoms with Crippen molar-refractivity contribution in [3.05, 3.63) is 99.6 Å². The minimum Gasteiger partial charge on any atom is -0.426 e. The number of hydrogen-bond donors (Lipinski definition) is 2. The molecule has 6 rings (SSSR count). The van der Waals surface area contributed by atoms with E-state index in [9.17, 15) is 15.0 Å². The van der Waals surface area contributed by atoms with Gasteiger partial charge in [0.05, 0.1) is 5.92 Å². The average Bonchev–Trinajstić information content (AvgIpc) is 2.71. The van der Waals surface area contributed by atoms with Gasteiger partial charge in [0.2, 0.25) is 0 Å². The van der Waals surface area contributed by atoms with Gasteiger partial charge in [0.1, 0.15) is 17.0 Å². The molecule has 3 unspecified atom stereocenters. The first-order valence-corrected chi connectivity index (χ1v) is 9.85. The zero-order valence-corrected chi connectivity index (χ0v) is 16.5. The van der Waals surface area contributed by atoms with Crippen molar-refractivity contribution in [2.24, 2.45) is 5.92 Å². The van der Waals surface area contributed by atoms with Gasteiger partial charge in [0, 0.05) is 11.4 Å². The Bertz CT molecular complexity index is 1140. The fraction of sp³-hybridized carbons (Fsp3) is 0.208. The van der Waals surface area contributed by atoms with Crippen LogP contribution in [0.4, 0.5) is 0 Å². The summed E-state index contributed by atoms with van der Waals surface area (Å²) in [6, 6.07) is 19.3. The molecule has 0 fully saturated rings. The molecule has 3 aliphatic carbocycles. The van der Waals surface area contributed by atoms with Crippen molar-refractivity contribution in [2.75, 3.05) is 0 Å². The van der Waals surface area contributed by atoms with Crippen LogP contribution < -0.4 is 4.74 Å². The van der Waals surface area contributed by atoms with Gasteiger partial charge in [-0.15, -0.1) is 0 Å². The first-order valence-electron chi connectivity index (χ1n) is 9.47. The lowest BCUT2D eigenvalue weighted by atomic mass is 9.54. The van der Waals surface area contributed by atoms with E-state index >= 15 is 0 Å². The van der Waals surface area contributed by atoms with Gasteiger partial charge in [-0.2, -0.15) is 0 Å². The molecule has 0 spiro atoms. The molecule has 0 radical (unpaired) electrons. The summed E-state index contributed by atoms with van der Waals surface area (Å²) in [6.45, 7) is 1.95. The largest absolute Gasteiger partial charge is 0.426 e. The maximum absolute atomic E-state index is 13.2. The molecule has 2 bridgehead atoms. The van der Waals surface area contributed by atoms with Gasteiger partial charge in [0.15, 0.2) is 0 Å². The Hall–Kier alpha value is -2.66. The second-order valence-corrected chi connectivity index (χ2v) is 8.29. The molecular weight excluding hydrogens is 388 g/mol. The van der Waals surface area contributed by atoms with Crippen LogP contribution in [0.1, 0.15) is 34.2 Å². The Morgan fingerprint density at radius 1 is 0.966 bits per heavy atom. The first-order chi connectivity index (χ1) is 13.8. The van der Waals surface area contributed by atoms with Gasteiger partial charge in [-0.3, -0.25) is 4.79 Å². The number of carbonyl (C=O) groups is 1. The Morgan fingerprint density at radius 3 is 2.34 bits per heavy atom. The standard InChI is InChI=1S/C24H19ClO4/c1-14-6-9-16(10-7-14)29-22(26)21-13-23(27)17-4-2-3-5-18(17)24(21,28)19-11-8-15(25)12-20(19)23/h2-12,21,27-28H,13H2,1H3. The molecule has 0 aliphatic heterocycles. The third-order valence-electron chi connectivity index (χ3n) is 6.15. The van der Waals surface area contributed by atoms with E-state index in [2.05, 4.69) is 0 Å². The number of aryl methyl sites for hydroxylation is 1. The second kappa shape index (κ2) is 6.17. The van der Waals surface area contributed by atoms with E-state index in [1.54, 1.807) is 48.5 Å². The molecule has 4 nitrogen and oxygen atoms in total. The van der Waals surface area contributed by atoms with Crippen LogP contribution in [-0.4, -0.2) is 16.2 Å². The number of benzene rings is 3. The molecule has 2 N–H and O–H groups in total. The van der Waals surface area contributed by atoms with Crippen LogP contribution in [0.2, 0.25) is 5.02 Å². The van der Waals surface area contributed by atoms with Crippen LogP contribution in [0.3, 0.4) is 0 Å². The summed E-state index contributed by atoms with van der Waals surface area (Å²) in [6.07, 6.45) is 0.0125. The zero-order chi connectivity index (χ0) is 20.4. The third kappa shape index (κ3) is 2.50. The molecule has 5 heteroatoms. The van der Waals surface area contributed by atoms with Crippen molar-refractivity contribution in [3.63, 3.8) is 0 Å². The lowest BCUT2D eigenvalue weighted by Gasteiger charge is -2.53. The lowest BCUT2D eigenvalue weighted by Crippen LogP contribution is -2.57. The molecule has 3 atom stereocenters. The number of ether oxygens (including phenoxy) is 1. The van der Waals surface area contributed by atoms with Crippen molar-refractivity contribution in [1.29, 1.82) is 0 Å². The number of rotatable bonds is 2. The highest BCUT2D eigenvalue weighted by Gasteiger charge is 2.62. The highest BCUT2D eigenvalue weighted by molar-refractivity contribution is 6.30. The van der Waals surface area contributed by atoms with Crippen LogP contribution in [-0.2, 0) is 16.0 Å². The van der Waals surface area contributed by atoms with Crippen molar-refractivity contribution in [1.82, 2.24) is 0 Å². The maximum Gasteiger partial charge on any atom is 0.318 e. The van der Waals surface area contributed by atoms with Crippen molar-refractivity contribution in [3.8, 4) is 5.75 Å². The van der Waals surface area contributed by atoms with Crippen LogP contribution in [0, 0.1) is 12.8 Å². The van der Waals surface area contributed by atoms with E-state index in [-0.39, 0.29) is 6.42 Å². The Kier molecular flexibility index (Phi) is 3.91. The fourth-order valence-corrected chi connectivity index (χ4v) is 4.92. The van der Waals surface area contributed by atoms with Gasteiger partial charge in [0.25, 0.3) is 0 Å². The maximum atomic E-state index is 13.2. The Labute approximate surface area is 173 Å². The molecule has 0 amide bonds. The molecule has 3 aromatic carbocycles. The van der Waals surface area contributed by atoms with Gasteiger partial charge >= 0.3 is 5.97 Å². The first kappa shape index (κ1) is 18.4. The highest BCUT2D eigenvalue weighted by atomic mass is 35.5. The number of halogens is 1. The van der Waals surface area contributed by atoms with Crippen LogP contribution in [0.15, 0.2) is 66.7 Å². The zero-order valence-electron chi connectivity index (χ0n) is 15.7. The SMILES string of the molecule is Cc1ccc(OC(=O)C2CC3(O)c4ccccc4C2(O)c2ccc(Cl)cc23)cc1. The monoisotopic (exact) mass is 406 g/mol. The molecule has 146 valence electrons. The van der Waals surface area contributed by atoms with E-state index < -0.39 is 23.1 Å². The van der Waals surface area contributed by atoms with Gasteiger partial charge in [-0.25, -0.2) is 0 Å². The molecule has 0 saturated heterocycles. The van der Waals surface area contributed by atoms with Crippen molar-refractivity contribution < 1.29 is 19.7 Å². The summed E-state index contributed by atoms with van der Waals surface area (Å²) >= 11 is 6.18. The highest BCUT2D eigenvalue weighted by Crippen LogP contribution is 2.60. The van der Waals surface area contributed by atoms with E-state index in [0.29, 0.717) is 33.0 Å². The normalized spacial score (nSPS) is 26.6. The fourth-order valence-electron chi connectivity index (χ4n) is 4.74. The van der Waals surface area contributed by atoms with E-state index in [1.165, 1.54) is 0 Å². The number of esters is 1. The molecule has 29 heavy (non-hydrogen) atoms. The molecule has 0 aromatic heterocycles. The van der Waals surface area contributed by atoms with Crippen LogP contribution >= 0.6 is 11.6 Å². The minimum absolute atomic E-state index is 0.0125. The van der Waals surface area contributed by atoms with E-state index in [0.717, 1.165) is 5.56 Å². The molecule has 0 saturated carbocycles. The summed E-state index contributed by atoms with van der Waals surface area (Å²) in [7, 11) is 0. The summed E-state index contributed by atoms with van der Waals surface area (Å²) in [4.78, 5) is 13.2. The number of hydrogen-bond acceptors (Lipinski definition) is 4. The van der Waals surface area contributed by atoms with Gasteiger partial charge in [-0.05, 0) is 53.4 Å². The van der Waals surface area contributed by atoms with Gasteiger partial charge in [-0.1, -0.05) is 59.6 Å². The average molecular weight is 407 g/mol. The predicted molar refractivity (Wildman–Crippen MR) is 109 cm³/mol. The van der Waals surface area contributed by atoms with E-state index in [4.69, 9.17) is 16.3 Å². The quantitative estimate of drug-likeness (QED) is 0.497. The van der Waals surface area contributed by atoms with E-state index in [1.807, 2.05) is 25.1 Å². The Balaban J connectivity index is 1.65. The van der Waals surface area contributed by atoms with Gasteiger partial charge < -0.3 is 14.9 Å². The molecule has 0 heterocycles. The van der Waals surface area contributed by atoms with Crippen molar-refractivity contribution >= 4 is 17.6 Å². The predicted octanol–water partition coefficient (Wildman–Crippen LogP) is 4.06. The van der Waals surface area contributed by atoms with Crippen LogP contribution in [0.25, 0.3) is 0 Å². The minimum atomic E-state index is -1.61. The van der Waals surface area contributed by atoms with Crippen molar-refractivity contribution in [2.45, 2.75) is 24.5 Å². The number of fused-ring (bicyclic) bond motifs is 1. The lowest BCUT2D eigenvalue weighted by molar-refractivity contribution is -0.157. The number of carbonyl (C=O) groups excluding carboxylic acids is 1. The summed E-state index contributed by atoms with van der Waals surface area (Å²) in [5.74, 6) is -1.13. The summed E-state index contributed by atoms with van der Waals surface area (Å²) in [5.41, 5.74) is 0.146. The topological polar surface area (TPSA) is 66.8 Å². The number of aliphatic hydroxyl groups is 2. The molecule has 3 aromatic rings. The summed E-state index contributed by atoms with van der Waals surface area (Å²) < 4.78 is 5.59. The third-order valence-corrected chi connectivity index (χ3v) is 6.38. The Morgan fingerprint density at radius 2 is 1.62 bits per heavy atom. The molecule has 3 aliphatic rings. The smallest absolute Gasteiger partial charge is 0.318 e.